The average Bonchev–Trinajstić information content (AvgIpc) is 3.17. The van der Waals surface area contributed by atoms with Gasteiger partial charge in [0.05, 0.1) is 17.9 Å². The Kier molecular flexibility index (Phi) is 9.79. The first-order valence-electron chi connectivity index (χ1n) is 13.0. The topological polar surface area (TPSA) is 44.6 Å². The molecule has 1 amide bonds. The summed E-state index contributed by atoms with van der Waals surface area (Å²) in [6, 6.07) is 10.4. The molecule has 0 spiro atoms. The SMILES string of the molecule is CCCCCCC(=O)N(CCC)Cc1c(C)nn(-c2ccccc2)c1N1CCN(CC)CC1. The van der Waals surface area contributed by atoms with E-state index in [1.165, 1.54) is 18.4 Å². The third-order valence-corrected chi connectivity index (χ3v) is 6.72. The number of hydrogen-bond donors (Lipinski definition) is 0. The summed E-state index contributed by atoms with van der Waals surface area (Å²) in [5.41, 5.74) is 3.29. The van der Waals surface area contributed by atoms with Gasteiger partial charge in [-0.15, -0.1) is 0 Å². The van der Waals surface area contributed by atoms with Gasteiger partial charge in [-0.25, -0.2) is 4.68 Å². The Bertz CT molecular complexity index is 855. The summed E-state index contributed by atoms with van der Waals surface area (Å²) in [6.45, 7) is 15.3. The van der Waals surface area contributed by atoms with Gasteiger partial charge in [-0.1, -0.05) is 58.2 Å². The molecule has 33 heavy (non-hydrogen) atoms. The lowest BCUT2D eigenvalue weighted by atomic mass is 10.1. The molecule has 0 N–H and O–H groups in total. The molecule has 1 saturated heterocycles. The number of benzene rings is 1. The Labute approximate surface area is 200 Å². The zero-order chi connectivity index (χ0) is 23.6. The first-order chi connectivity index (χ1) is 16.1. The molecule has 0 radical (unpaired) electrons. The van der Waals surface area contributed by atoms with E-state index < -0.39 is 0 Å². The fourth-order valence-corrected chi connectivity index (χ4v) is 4.70. The summed E-state index contributed by atoms with van der Waals surface area (Å²) < 4.78 is 2.10. The molecule has 1 aliphatic heterocycles. The minimum atomic E-state index is 0.279. The van der Waals surface area contributed by atoms with Crippen LogP contribution in [0.1, 0.15) is 70.6 Å². The maximum Gasteiger partial charge on any atom is 0.222 e. The minimum Gasteiger partial charge on any atom is -0.354 e. The Morgan fingerprint density at radius 2 is 1.70 bits per heavy atom. The van der Waals surface area contributed by atoms with E-state index >= 15 is 0 Å². The van der Waals surface area contributed by atoms with E-state index in [1.54, 1.807) is 0 Å². The number of para-hydroxylation sites is 1. The largest absolute Gasteiger partial charge is 0.354 e. The molecule has 1 aromatic heterocycles. The Morgan fingerprint density at radius 1 is 0.970 bits per heavy atom. The van der Waals surface area contributed by atoms with Gasteiger partial charge >= 0.3 is 0 Å². The molecule has 182 valence electrons. The number of anilines is 1. The van der Waals surface area contributed by atoms with Crippen molar-refractivity contribution in [2.24, 2.45) is 0 Å². The number of likely N-dealkylation sites (N-methyl/N-ethyl adjacent to an activating group) is 1. The summed E-state index contributed by atoms with van der Waals surface area (Å²) >= 11 is 0. The normalized spacial score (nSPS) is 14.6. The van der Waals surface area contributed by atoms with E-state index in [1.807, 2.05) is 6.07 Å². The van der Waals surface area contributed by atoms with Crippen molar-refractivity contribution in [1.29, 1.82) is 0 Å². The summed E-state index contributed by atoms with van der Waals surface area (Å²) in [5.74, 6) is 1.44. The fraction of sp³-hybridized carbons (Fsp3) is 0.630. The second kappa shape index (κ2) is 12.8. The molecule has 3 rings (SSSR count). The van der Waals surface area contributed by atoms with Gasteiger partial charge in [-0.3, -0.25) is 4.79 Å². The number of unbranched alkanes of at least 4 members (excludes halogenated alkanes) is 3. The lowest BCUT2D eigenvalue weighted by molar-refractivity contribution is -0.132. The highest BCUT2D eigenvalue weighted by molar-refractivity contribution is 5.76. The van der Waals surface area contributed by atoms with Crippen LogP contribution in [0.5, 0.6) is 0 Å². The number of carbonyl (C=O) groups excluding carboxylic acids is 1. The highest BCUT2D eigenvalue weighted by atomic mass is 16.2. The first kappa shape index (κ1) is 25.3. The fourth-order valence-electron chi connectivity index (χ4n) is 4.70. The Balaban J connectivity index is 1.89. The molecule has 0 atom stereocenters. The summed E-state index contributed by atoms with van der Waals surface area (Å²) in [6.07, 6.45) is 6.14. The molecule has 1 aliphatic rings. The van der Waals surface area contributed by atoms with Gasteiger partial charge in [0.2, 0.25) is 5.91 Å². The number of hydrogen-bond acceptors (Lipinski definition) is 4. The van der Waals surface area contributed by atoms with E-state index in [0.717, 1.165) is 75.7 Å². The molecule has 0 aliphatic carbocycles. The molecular weight excluding hydrogens is 410 g/mol. The van der Waals surface area contributed by atoms with E-state index in [9.17, 15) is 4.79 Å². The zero-order valence-corrected chi connectivity index (χ0v) is 21.2. The van der Waals surface area contributed by atoms with Crippen molar-refractivity contribution in [2.75, 3.05) is 44.2 Å². The third-order valence-electron chi connectivity index (χ3n) is 6.72. The molecule has 0 unspecified atom stereocenters. The Morgan fingerprint density at radius 3 is 2.33 bits per heavy atom. The van der Waals surface area contributed by atoms with Crippen molar-refractivity contribution in [3.8, 4) is 5.69 Å². The first-order valence-corrected chi connectivity index (χ1v) is 13.0. The predicted octanol–water partition coefficient (Wildman–Crippen LogP) is 5.03. The van der Waals surface area contributed by atoms with Crippen LogP contribution in [-0.2, 0) is 11.3 Å². The van der Waals surface area contributed by atoms with Gasteiger partial charge in [0, 0.05) is 44.7 Å². The van der Waals surface area contributed by atoms with Crippen LogP contribution in [0.15, 0.2) is 30.3 Å². The number of carbonyl (C=O) groups is 1. The van der Waals surface area contributed by atoms with E-state index in [0.29, 0.717) is 13.0 Å². The van der Waals surface area contributed by atoms with Crippen LogP contribution >= 0.6 is 0 Å². The number of aryl methyl sites for hydroxylation is 1. The van der Waals surface area contributed by atoms with Crippen LogP contribution in [0.2, 0.25) is 0 Å². The third kappa shape index (κ3) is 6.59. The summed E-state index contributed by atoms with van der Waals surface area (Å²) in [5, 5.41) is 4.98. The highest BCUT2D eigenvalue weighted by Crippen LogP contribution is 2.30. The second-order valence-corrected chi connectivity index (χ2v) is 9.18. The smallest absolute Gasteiger partial charge is 0.222 e. The zero-order valence-electron chi connectivity index (χ0n) is 21.2. The van der Waals surface area contributed by atoms with Crippen LogP contribution < -0.4 is 4.90 Å². The van der Waals surface area contributed by atoms with Crippen LogP contribution in [0.4, 0.5) is 5.82 Å². The van der Waals surface area contributed by atoms with Gasteiger partial charge in [0.1, 0.15) is 5.82 Å². The Hall–Kier alpha value is -2.34. The second-order valence-electron chi connectivity index (χ2n) is 9.18. The van der Waals surface area contributed by atoms with Crippen LogP contribution in [0.25, 0.3) is 5.69 Å². The van der Waals surface area contributed by atoms with Crippen LogP contribution in [0, 0.1) is 6.92 Å². The van der Waals surface area contributed by atoms with Gasteiger partial charge in [-0.05, 0) is 38.4 Å². The van der Waals surface area contributed by atoms with Gasteiger partial charge in [0.15, 0.2) is 0 Å². The van der Waals surface area contributed by atoms with Gasteiger partial charge < -0.3 is 14.7 Å². The highest BCUT2D eigenvalue weighted by Gasteiger charge is 2.27. The standard InChI is InChI=1S/C27H43N5O/c1-5-8-9-13-16-26(33)31(17-6-2)22-25-23(4)28-32(24-14-11-10-12-15-24)27(25)30-20-18-29(7-3)19-21-30/h10-12,14-15H,5-9,13,16-22H2,1-4H3. The minimum absolute atomic E-state index is 0.279. The lowest BCUT2D eigenvalue weighted by Gasteiger charge is -2.36. The van der Waals surface area contributed by atoms with Gasteiger partial charge in [0.25, 0.3) is 0 Å². The molecule has 2 heterocycles. The maximum atomic E-state index is 13.1. The molecule has 1 fully saturated rings. The number of piperazine rings is 1. The quantitative estimate of drug-likeness (QED) is 0.423. The summed E-state index contributed by atoms with van der Waals surface area (Å²) in [7, 11) is 0. The molecular formula is C27H43N5O. The van der Waals surface area contributed by atoms with E-state index in [2.05, 4.69) is 71.3 Å². The number of rotatable bonds is 12. The van der Waals surface area contributed by atoms with Crippen molar-refractivity contribution in [1.82, 2.24) is 19.6 Å². The van der Waals surface area contributed by atoms with Crippen LogP contribution in [-0.4, -0.2) is 64.8 Å². The van der Waals surface area contributed by atoms with E-state index in [-0.39, 0.29) is 5.91 Å². The van der Waals surface area contributed by atoms with Crippen molar-refractivity contribution in [2.45, 2.75) is 72.8 Å². The molecule has 0 bridgehead atoms. The van der Waals surface area contributed by atoms with Crippen LogP contribution in [0.3, 0.4) is 0 Å². The maximum absolute atomic E-state index is 13.1. The molecule has 6 heteroatoms. The average molecular weight is 454 g/mol. The number of amides is 1. The molecule has 0 saturated carbocycles. The lowest BCUT2D eigenvalue weighted by Crippen LogP contribution is -2.47. The van der Waals surface area contributed by atoms with E-state index in [4.69, 9.17) is 5.10 Å². The van der Waals surface area contributed by atoms with Crippen molar-refractivity contribution in [3.63, 3.8) is 0 Å². The van der Waals surface area contributed by atoms with Crippen molar-refractivity contribution in [3.05, 3.63) is 41.6 Å². The van der Waals surface area contributed by atoms with Crippen molar-refractivity contribution >= 4 is 11.7 Å². The number of nitrogens with zero attached hydrogens (tertiary/aromatic N) is 5. The monoisotopic (exact) mass is 453 g/mol. The molecule has 6 nitrogen and oxygen atoms in total. The molecule has 1 aromatic carbocycles. The number of aromatic nitrogens is 2. The van der Waals surface area contributed by atoms with Crippen molar-refractivity contribution < 1.29 is 4.79 Å². The summed E-state index contributed by atoms with van der Waals surface area (Å²) in [4.78, 5) is 20.2. The van der Waals surface area contributed by atoms with Gasteiger partial charge in [-0.2, -0.15) is 5.10 Å². The molecule has 2 aromatic rings. The predicted molar refractivity (Wildman–Crippen MR) is 137 cm³/mol.